The highest BCUT2D eigenvalue weighted by atomic mass is 16.7. The average Bonchev–Trinajstić information content (AvgIpc) is 2.67. The first kappa shape index (κ1) is 19.9. The fraction of sp³-hybridized carbons (Fsp3) is 0.348. The van der Waals surface area contributed by atoms with Crippen LogP contribution in [0.25, 0.3) is 5.70 Å². The highest BCUT2D eigenvalue weighted by Gasteiger charge is 2.39. The molecule has 0 spiro atoms. The molecule has 1 saturated heterocycles. The number of ether oxygens (including phenoxy) is 3. The highest BCUT2D eigenvalue weighted by Crippen LogP contribution is 2.44. The first-order chi connectivity index (χ1) is 14.2. The standard InChI is InChI=1S/C23H24N2O5/c1-23(2)29-21(26)17(22(27)30-23)12-14-8-7-10-16-19(24-13-25(3)4)15-9-5-6-11-18(15)28-20(14)16/h5-6,9,11-13H,7-8,10H2,1-4H3. The van der Waals surface area contributed by atoms with E-state index < -0.39 is 17.7 Å². The molecule has 0 bridgehead atoms. The van der Waals surface area contributed by atoms with Crippen molar-refractivity contribution in [3.05, 3.63) is 58.4 Å². The summed E-state index contributed by atoms with van der Waals surface area (Å²) in [5.41, 5.74) is 3.35. The van der Waals surface area contributed by atoms with E-state index in [-0.39, 0.29) is 5.57 Å². The Morgan fingerprint density at radius 1 is 1.07 bits per heavy atom. The number of carbonyl (C=O) groups excluding carboxylic acids is 2. The van der Waals surface area contributed by atoms with Crippen molar-refractivity contribution < 1.29 is 23.8 Å². The van der Waals surface area contributed by atoms with Gasteiger partial charge >= 0.3 is 11.9 Å². The first-order valence-electron chi connectivity index (χ1n) is 9.88. The summed E-state index contributed by atoms with van der Waals surface area (Å²) < 4.78 is 16.7. The molecule has 7 nitrogen and oxygen atoms in total. The van der Waals surface area contributed by atoms with Crippen LogP contribution in [0.2, 0.25) is 0 Å². The fourth-order valence-corrected chi connectivity index (χ4v) is 3.66. The predicted octanol–water partition coefficient (Wildman–Crippen LogP) is 3.58. The second-order valence-corrected chi connectivity index (χ2v) is 8.08. The van der Waals surface area contributed by atoms with Crippen LogP contribution in [0, 0.1) is 0 Å². The van der Waals surface area contributed by atoms with Crippen LogP contribution in [0.1, 0.15) is 38.7 Å². The lowest BCUT2D eigenvalue weighted by molar-refractivity contribution is -0.222. The van der Waals surface area contributed by atoms with Crippen LogP contribution in [-0.2, 0) is 19.1 Å². The van der Waals surface area contributed by atoms with E-state index in [2.05, 4.69) is 0 Å². The maximum atomic E-state index is 12.4. The van der Waals surface area contributed by atoms with Crippen LogP contribution >= 0.6 is 0 Å². The third-order valence-corrected chi connectivity index (χ3v) is 4.93. The van der Waals surface area contributed by atoms with E-state index >= 15 is 0 Å². The van der Waals surface area contributed by atoms with Crippen molar-refractivity contribution >= 4 is 24.0 Å². The minimum absolute atomic E-state index is 0.126. The predicted molar refractivity (Wildman–Crippen MR) is 111 cm³/mol. The SMILES string of the molecule is CN(C)C=NC1=C2CCCC(C=C3C(=O)OC(C)(C)OC3=O)=C2Oc2ccccc21. The molecule has 0 radical (unpaired) electrons. The minimum Gasteiger partial charge on any atom is -0.456 e. The zero-order chi connectivity index (χ0) is 21.5. The molecular weight excluding hydrogens is 384 g/mol. The van der Waals surface area contributed by atoms with Gasteiger partial charge in [0.25, 0.3) is 5.79 Å². The first-order valence-corrected chi connectivity index (χ1v) is 9.88. The molecule has 0 unspecified atom stereocenters. The molecule has 156 valence electrons. The van der Waals surface area contributed by atoms with Crippen molar-refractivity contribution in [3.63, 3.8) is 0 Å². The Morgan fingerprint density at radius 3 is 2.47 bits per heavy atom. The van der Waals surface area contributed by atoms with Crippen molar-refractivity contribution in [2.24, 2.45) is 4.99 Å². The van der Waals surface area contributed by atoms with Crippen molar-refractivity contribution in [2.45, 2.75) is 38.9 Å². The van der Waals surface area contributed by atoms with E-state index in [0.29, 0.717) is 17.9 Å². The number of para-hydroxylation sites is 1. The monoisotopic (exact) mass is 408 g/mol. The molecular formula is C23H24N2O5. The molecule has 0 atom stereocenters. The normalized spacial score (nSPS) is 20.3. The number of rotatable bonds is 3. The number of benzene rings is 1. The Balaban J connectivity index is 1.84. The second-order valence-electron chi connectivity index (χ2n) is 8.08. The number of cyclic esters (lactones) is 2. The summed E-state index contributed by atoms with van der Waals surface area (Å²) in [6.45, 7) is 3.05. The van der Waals surface area contributed by atoms with Crippen LogP contribution in [-0.4, -0.2) is 43.1 Å². The average molecular weight is 408 g/mol. The van der Waals surface area contributed by atoms with E-state index in [1.54, 1.807) is 6.34 Å². The molecule has 1 aromatic carbocycles. The van der Waals surface area contributed by atoms with Gasteiger partial charge in [0.05, 0.1) is 12.0 Å². The van der Waals surface area contributed by atoms with Gasteiger partial charge < -0.3 is 19.1 Å². The molecule has 4 rings (SSSR count). The van der Waals surface area contributed by atoms with Crippen molar-refractivity contribution in [3.8, 4) is 5.75 Å². The van der Waals surface area contributed by atoms with Gasteiger partial charge in [-0.1, -0.05) is 12.1 Å². The van der Waals surface area contributed by atoms with Gasteiger partial charge in [-0.15, -0.1) is 0 Å². The summed E-state index contributed by atoms with van der Waals surface area (Å²) in [5.74, 6) is -1.32. The molecule has 2 aliphatic heterocycles. The third kappa shape index (κ3) is 3.75. The van der Waals surface area contributed by atoms with Crippen LogP contribution < -0.4 is 4.74 Å². The maximum absolute atomic E-state index is 12.4. The fourth-order valence-electron chi connectivity index (χ4n) is 3.66. The topological polar surface area (TPSA) is 77.4 Å². The van der Waals surface area contributed by atoms with Crippen LogP contribution in [0.15, 0.2) is 57.8 Å². The van der Waals surface area contributed by atoms with Gasteiger partial charge in [-0.05, 0) is 43.0 Å². The molecule has 1 aliphatic carbocycles. The van der Waals surface area contributed by atoms with Crippen molar-refractivity contribution in [2.75, 3.05) is 14.1 Å². The van der Waals surface area contributed by atoms with Gasteiger partial charge in [0.2, 0.25) is 0 Å². The molecule has 0 aromatic heterocycles. The van der Waals surface area contributed by atoms with Crippen molar-refractivity contribution in [1.82, 2.24) is 4.90 Å². The summed E-state index contributed by atoms with van der Waals surface area (Å²) in [6.07, 6.45) is 5.60. The molecule has 7 heteroatoms. The molecule has 1 aromatic rings. The summed E-state index contributed by atoms with van der Waals surface area (Å²) >= 11 is 0. The third-order valence-electron chi connectivity index (χ3n) is 4.93. The molecule has 0 amide bonds. The molecule has 3 aliphatic rings. The number of allylic oxidation sites excluding steroid dienone is 3. The van der Waals surface area contributed by atoms with Crippen LogP contribution in [0.4, 0.5) is 0 Å². The molecule has 0 N–H and O–H groups in total. The summed E-state index contributed by atoms with van der Waals surface area (Å²) in [4.78, 5) is 31.4. The van der Waals surface area contributed by atoms with Crippen LogP contribution in [0.3, 0.4) is 0 Å². The Labute approximate surface area is 175 Å². The van der Waals surface area contributed by atoms with Gasteiger partial charge in [-0.3, -0.25) is 0 Å². The van der Waals surface area contributed by atoms with Gasteiger partial charge in [-0.25, -0.2) is 14.6 Å². The second kappa shape index (κ2) is 7.48. The Bertz CT molecular complexity index is 1020. The van der Waals surface area contributed by atoms with Gasteiger partial charge in [0, 0.05) is 39.1 Å². The molecule has 30 heavy (non-hydrogen) atoms. The molecule has 2 heterocycles. The van der Waals surface area contributed by atoms with Crippen molar-refractivity contribution in [1.29, 1.82) is 0 Å². The number of nitrogens with zero attached hydrogens (tertiary/aromatic N) is 2. The molecule has 1 fully saturated rings. The quantitative estimate of drug-likeness (QED) is 0.250. The van der Waals surface area contributed by atoms with E-state index in [1.807, 2.05) is 43.3 Å². The number of hydrogen-bond acceptors (Lipinski definition) is 6. The number of fused-ring (bicyclic) bond motifs is 2. The van der Waals surface area contributed by atoms with E-state index in [4.69, 9.17) is 19.2 Å². The summed E-state index contributed by atoms with van der Waals surface area (Å²) in [6, 6.07) is 7.71. The number of hydrogen-bond donors (Lipinski definition) is 0. The lowest BCUT2D eigenvalue weighted by Gasteiger charge is -2.31. The zero-order valence-electron chi connectivity index (χ0n) is 17.5. The Kier molecular flexibility index (Phi) is 4.97. The summed E-state index contributed by atoms with van der Waals surface area (Å²) in [5, 5.41) is 0. The zero-order valence-corrected chi connectivity index (χ0v) is 17.5. The number of aliphatic imine (C=N–C) groups is 1. The van der Waals surface area contributed by atoms with E-state index in [1.165, 1.54) is 19.9 Å². The number of esters is 2. The van der Waals surface area contributed by atoms with E-state index in [9.17, 15) is 9.59 Å². The van der Waals surface area contributed by atoms with Crippen LogP contribution in [0.5, 0.6) is 5.75 Å². The largest absolute Gasteiger partial charge is 0.456 e. The Hall–Kier alpha value is -3.35. The van der Waals surface area contributed by atoms with Gasteiger partial charge in [0.1, 0.15) is 17.1 Å². The minimum atomic E-state index is -1.27. The van der Waals surface area contributed by atoms with Gasteiger partial charge in [0.15, 0.2) is 0 Å². The summed E-state index contributed by atoms with van der Waals surface area (Å²) in [7, 11) is 3.82. The lowest BCUT2D eigenvalue weighted by Crippen LogP contribution is -2.41. The lowest BCUT2D eigenvalue weighted by atomic mass is 9.87. The van der Waals surface area contributed by atoms with E-state index in [0.717, 1.165) is 35.2 Å². The maximum Gasteiger partial charge on any atom is 0.348 e. The Morgan fingerprint density at radius 2 is 1.77 bits per heavy atom. The highest BCUT2D eigenvalue weighted by molar-refractivity contribution is 6.15. The number of carbonyl (C=O) groups is 2. The van der Waals surface area contributed by atoms with Gasteiger partial charge in [-0.2, -0.15) is 0 Å². The smallest absolute Gasteiger partial charge is 0.348 e. The molecule has 0 saturated carbocycles.